The summed E-state index contributed by atoms with van der Waals surface area (Å²) in [4.78, 5) is 10.3. The van der Waals surface area contributed by atoms with Crippen LogP contribution < -0.4 is 5.43 Å². The molecule has 0 aromatic rings. The van der Waals surface area contributed by atoms with E-state index in [1.165, 1.54) is 6.92 Å². The largest absolute Gasteiger partial charge is 0.477 e. The maximum absolute atomic E-state index is 10.3. The van der Waals surface area contributed by atoms with Gasteiger partial charge in [-0.1, -0.05) is 6.08 Å². The van der Waals surface area contributed by atoms with Crippen LogP contribution in [0.5, 0.6) is 0 Å². The van der Waals surface area contributed by atoms with Crippen molar-refractivity contribution in [3.05, 3.63) is 12.7 Å². The van der Waals surface area contributed by atoms with E-state index in [9.17, 15) is 4.79 Å². The van der Waals surface area contributed by atoms with Crippen molar-refractivity contribution in [2.75, 3.05) is 19.8 Å². The normalized spacial score (nSPS) is 11.0. The molecule has 0 bridgehead atoms. The Balaban J connectivity index is 3.39. The Morgan fingerprint density at radius 1 is 1.77 bits per heavy atom. The van der Waals surface area contributed by atoms with Crippen molar-refractivity contribution in [1.29, 1.82) is 0 Å². The molecule has 0 saturated carbocycles. The minimum Gasteiger partial charge on any atom is -0.477 e. The maximum Gasteiger partial charge on any atom is 0.351 e. The van der Waals surface area contributed by atoms with E-state index in [0.29, 0.717) is 19.8 Å². The van der Waals surface area contributed by atoms with Crippen LogP contribution in [-0.2, 0) is 9.53 Å². The zero-order chi connectivity index (χ0) is 10.1. The van der Waals surface area contributed by atoms with Gasteiger partial charge in [0.15, 0.2) is 0 Å². The van der Waals surface area contributed by atoms with Crippen molar-refractivity contribution in [2.45, 2.75) is 6.92 Å². The lowest BCUT2D eigenvalue weighted by molar-refractivity contribution is -0.129. The average molecular weight is 186 g/mol. The standard InChI is InChI=1S/C8H14N2O3/c1-3-5-13-6-4-9-10-7(2)8(11)12/h3,9H,1,4-6H2,2H3,(H,11,12)/b10-7-. The van der Waals surface area contributed by atoms with E-state index < -0.39 is 5.97 Å². The van der Waals surface area contributed by atoms with Crippen LogP contribution in [0.15, 0.2) is 17.8 Å². The minimum absolute atomic E-state index is 0.0312. The number of rotatable bonds is 7. The van der Waals surface area contributed by atoms with E-state index in [1.807, 2.05) is 0 Å². The molecule has 0 heterocycles. The molecule has 0 aliphatic rings. The Hall–Kier alpha value is -1.36. The molecule has 0 aliphatic heterocycles. The first-order valence-corrected chi connectivity index (χ1v) is 3.87. The van der Waals surface area contributed by atoms with Gasteiger partial charge in [-0.15, -0.1) is 6.58 Å². The van der Waals surface area contributed by atoms with E-state index in [2.05, 4.69) is 17.1 Å². The Kier molecular flexibility index (Phi) is 6.53. The molecule has 0 radical (unpaired) electrons. The molecule has 0 amide bonds. The SMILES string of the molecule is C=CCOCCN/N=C(/C)C(=O)O. The molecule has 0 spiro atoms. The molecule has 2 N–H and O–H groups in total. The van der Waals surface area contributed by atoms with Gasteiger partial charge in [0.1, 0.15) is 5.71 Å². The van der Waals surface area contributed by atoms with Gasteiger partial charge < -0.3 is 15.3 Å². The Morgan fingerprint density at radius 2 is 2.46 bits per heavy atom. The zero-order valence-electron chi connectivity index (χ0n) is 7.62. The summed E-state index contributed by atoms with van der Waals surface area (Å²) in [5, 5.41) is 12.0. The second kappa shape index (κ2) is 7.30. The molecule has 0 unspecified atom stereocenters. The van der Waals surface area contributed by atoms with Crippen LogP contribution in [0, 0.1) is 0 Å². The minimum atomic E-state index is -1.03. The fourth-order valence-electron chi connectivity index (χ4n) is 0.507. The number of hydrogen-bond donors (Lipinski definition) is 2. The highest BCUT2D eigenvalue weighted by Gasteiger charge is 1.99. The van der Waals surface area contributed by atoms with E-state index in [-0.39, 0.29) is 5.71 Å². The van der Waals surface area contributed by atoms with Gasteiger partial charge in [0.05, 0.1) is 19.8 Å². The molecule has 0 aliphatic carbocycles. The van der Waals surface area contributed by atoms with Gasteiger partial charge in [0.25, 0.3) is 0 Å². The number of carbonyl (C=O) groups is 1. The summed E-state index contributed by atoms with van der Waals surface area (Å²) in [6.07, 6.45) is 1.64. The Bertz CT molecular complexity index is 202. The van der Waals surface area contributed by atoms with E-state index >= 15 is 0 Å². The van der Waals surface area contributed by atoms with Crippen LogP contribution in [0.3, 0.4) is 0 Å². The monoisotopic (exact) mass is 186 g/mol. The van der Waals surface area contributed by atoms with Gasteiger partial charge in [0, 0.05) is 0 Å². The molecular formula is C8H14N2O3. The molecule has 0 aromatic heterocycles. The molecule has 0 atom stereocenters. The van der Waals surface area contributed by atoms with Gasteiger partial charge in [-0.2, -0.15) is 5.10 Å². The summed E-state index contributed by atoms with van der Waals surface area (Å²) in [5.74, 6) is -1.03. The molecule has 0 aromatic carbocycles. The maximum atomic E-state index is 10.3. The third-order valence-electron chi connectivity index (χ3n) is 1.15. The summed E-state index contributed by atoms with van der Waals surface area (Å²) in [6, 6.07) is 0. The van der Waals surface area contributed by atoms with E-state index in [0.717, 1.165) is 0 Å². The van der Waals surface area contributed by atoms with Gasteiger partial charge >= 0.3 is 5.97 Å². The quantitative estimate of drug-likeness (QED) is 0.258. The van der Waals surface area contributed by atoms with Crippen molar-refractivity contribution in [1.82, 2.24) is 5.43 Å². The summed E-state index contributed by atoms with van der Waals surface area (Å²) >= 11 is 0. The van der Waals surface area contributed by atoms with Crippen LogP contribution in [0.1, 0.15) is 6.92 Å². The third kappa shape index (κ3) is 7.02. The molecule has 13 heavy (non-hydrogen) atoms. The third-order valence-corrected chi connectivity index (χ3v) is 1.15. The lowest BCUT2D eigenvalue weighted by atomic mass is 10.4. The molecule has 5 nitrogen and oxygen atoms in total. The summed E-state index contributed by atoms with van der Waals surface area (Å²) in [5.41, 5.74) is 2.60. The van der Waals surface area contributed by atoms with Crippen LogP contribution in [0.2, 0.25) is 0 Å². The van der Waals surface area contributed by atoms with Crippen molar-refractivity contribution in [3.8, 4) is 0 Å². The summed E-state index contributed by atoms with van der Waals surface area (Å²) in [7, 11) is 0. The molecular weight excluding hydrogens is 172 g/mol. The highest BCUT2D eigenvalue weighted by atomic mass is 16.5. The summed E-state index contributed by atoms with van der Waals surface area (Å²) in [6.45, 7) is 6.34. The van der Waals surface area contributed by atoms with Gasteiger partial charge in [0.2, 0.25) is 0 Å². The number of nitrogens with one attached hydrogen (secondary N) is 1. The lowest BCUT2D eigenvalue weighted by Gasteiger charge is -2.00. The van der Waals surface area contributed by atoms with Gasteiger partial charge in [-0.05, 0) is 6.92 Å². The number of aliphatic carboxylic acids is 1. The van der Waals surface area contributed by atoms with Crippen LogP contribution >= 0.6 is 0 Å². The van der Waals surface area contributed by atoms with Crippen molar-refractivity contribution in [2.24, 2.45) is 5.10 Å². The Labute approximate surface area is 77.1 Å². The first-order valence-electron chi connectivity index (χ1n) is 3.87. The predicted octanol–water partition coefficient (Wildman–Crippen LogP) is 0.239. The Morgan fingerprint density at radius 3 is 3.00 bits per heavy atom. The second-order valence-electron chi connectivity index (χ2n) is 2.27. The van der Waals surface area contributed by atoms with Crippen LogP contribution in [-0.4, -0.2) is 36.5 Å². The molecule has 74 valence electrons. The first-order chi connectivity index (χ1) is 6.18. The predicted molar refractivity (Wildman–Crippen MR) is 49.8 cm³/mol. The molecule has 5 heteroatoms. The number of carboxylic acids is 1. The zero-order valence-corrected chi connectivity index (χ0v) is 7.62. The molecule has 0 rings (SSSR count). The lowest BCUT2D eigenvalue weighted by Crippen LogP contribution is -2.19. The fraction of sp³-hybridized carbons (Fsp3) is 0.500. The van der Waals surface area contributed by atoms with Crippen LogP contribution in [0.4, 0.5) is 0 Å². The number of hydrazone groups is 1. The first kappa shape index (κ1) is 11.6. The second-order valence-corrected chi connectivity index (χ2v) is 2.27. The smallest absolute Gasteiger partial charge is 0.351 e. The van der Waals surface area contributed by atoms with Crippen molar-refractivity contribution in [3.63, 3.8) is 0 Å². The fourth-order valence-corrected chi connectivity index (χ4v) is 0.507. The average Bonchev–Trinajstić information content (AvgIpc) is 2.10. The summed E-state index contributed by atoms with van der Waals surface area (Å²) < 4.78 is 5.03. The van der Waals surface area contributed by atoms with Crippen LogP contribution in [0.25, 0.3) is 0 Å². The van der Waals surface area contributed by atoms with Crippen molar-refractivity contribution < 1.29 is 14.6 Å². The number of ether oxygens (including phenoxy) is 1. The number of hydrogen-bond acceptors (Lipinski definition) is 4. The van der Waals surface area contributed by atoms with Gasteiger partial charge in [-0.3, -0.25) is 0 Å². The molecule has 0 saturated heterocycles. The number of carboxylic acid groups (broad SMARTS) is 1. The van der Waals surface area contributed by atoms with E-state index in [1.54, 1.807) is 6.08 Å². The topological polar surface area (TPSA) is 70.9 Å². The highest BCUT2D eigenvalue weighted by Crippen LogP contribution is 1.76. The highest BCUT2D eigenvalue weighted by molar-refractivity contribution is 6.34. The van der Waals surface area contributed by atoms with Crippen molar-refractivity contribution >= 4 is 11.7 Å². The van der Waals surface area contributed by atoms with E-state index in [4.69, 9.17) is 9.84 Å². The number of nitrogens with zero attached hydrogens (tertiary/aromatic N) is 1. The van der Waals surface area contributed by atoms with Gasteiger partial charge in [-0.25, -0.2) is 4.79 Å². The molecule has 0 fully saturated rings.